The second kappa shape index (κ2) is 5.31. The van der Waals surface area contributed by atoms with Crippen LogP contribution < -0.4 is 5.73 Å². The highest BCUT2D eigenvalue weighted by atomic mass is 15.1. The minimum Gasteiger partial charge on any atom is -0.328 e. The smallest absolute Gasteiger partial charge is 0.00397 e. The Morgan fingerprint density at radius 2 is 1.80 bits per heavy atom. The lowest BCUT2D eigenvalue weighted by molar-refractivity contribution is 0.154. The fourth-order valence-corrected chi connectivity index (χ4v) is 2.20. The maximum atomic E-state index is 5.94. The van der Waals surface area contributed by atoms with E-state index in [2.05, 4.69) is 32.6 Å². The average molecular weight is 212 g/mol. The van der Waals surface area contributed by atoms with E-state index in [0.717, 1.165) is 5.92 Å². The summed E-state index contributed by atoms with van der Waals surface area (Å²) in [6, 6.07) is 0.384. The van der Waals surface area contributed by atoms with Crippen molar-refractivity contribution >= 4 is 0 Å². The molecule has 0 aromatic rings. The molecule has 0 radical (unpaired) electrons. The Morgan fingerprint density at radius 3 is 2.20 bits per heavy atom. The van der Waals surface area contributed by atoms with Gasteiger partial charge < -0.3 is 10.6 Å². The topological polar surface area (TPSA) is 29.3 Å². The highest BCUT2D eigenvalue weighted by Crippen LogP contribution is 2.23. The zero-order chi connectivity index (χ0) is 11.5. The summed E-state index contributed by atoms with van der Waals surface area (Å²) < 4.78 is 0. The molecule has 15 heavy (non-hydrogen) atoms. The Balaban J connectivity index is 2.20. The van der Waals surface area contributed by atoms with Crippen molar-refractivity contribution in [1.82, 2.24) is 4.90 Å². The van der Waals surface area contributed by atoms with Crippen LogP contribution in [0.15, 0.2) is 0 Å². The van der Waals surface area contributed by atoms with Crippen LogP contribution >= 0.6 is 0 Å². The minimum atomic E-state index is 0.384. The van der Waals surface area contributed by atoms with E-state index in [9.17, 15) is 0 Å². The fourth-order valence-electron chi connectivity index (χ4n) is 2.20. The van der Waals surface area contributed by atoms with Gasteiger partial charge in [0.25, 0.3) is 0 Å². The number of nitrogens with two attached hydrogens (primary N) is 1. The highest BCUT2D eigenvalue weighted by Gasteiger charge is 2.22. The molecule has 0 spiro atoms. The van der Waals surface area contributed by atoms with E-state index in [1.165, 1.54) is 38.9 Å². The van der Waals surface area contributed by atoms with Crippen molar-refractivity contribution in [2.24, 2.45) is 17.1 Å². The third kappa shape index (κ3) is 4.98. The molecule has 1 aliphatic rings. The van der Waals surface area contributed by atoms with Gasteiger partial charge in [-0.15, -0.1) is 0 Å². The van der Waals surface area contributed by atoms with Gasteiger partial charge in [0.15, 0.2) is 0 Å². The number of hydrogen-bond acceptors (Lipinski definition) is 2. The van der Waals surface area contributed by atoms with Crippen molar-refractivity contribution < 1.29 is 0 Å². The van der Waals surface area contributed by atoms with Gasteiger partial charge in [0.05, 0.1) is 0 Å². The van der Waals surface area contributed by atoms with E-state index < -0.39 is 0 Å². The van der Waals surface area contributed by atoms with Crippen LogP contribution in [0, 0.1) is 11.3 Å². The molecule has 0 aromatic carbocycles. The number of likely N-dealkylation sites (tertiary alicyclic amines) is 1. The lowest BCUT2D eigenvalue weighted by Gasteiger charge is -2.35. The van der Waals surface area contributed by atoms with Crippen LogP contribution in [0.1, 0.15) is 47.0 Å². The molecule has 2 heteroatoms. The molecule has 0 aromatic heterocycles. The highest BCUT2D eigenvalue weighted by molar-refractivity contribution is 4.78. The third-order valence-corrected chi connectivity index (χ3v) is 3.55. The minimum absolute atomic E-state index is 0.384. The van der Waals surface area contributed by atoms with Crippen molar-refractivity contribution in [3.05, 3.63) is 0 Å². The first-order valence-electron chi connectivity index (χ1n) is 6.36. The Bertz CT molecular complexity index is 173. The molecule has 2 nitrogen and oxygen atoms in total. The molecule has 0 saturated carbocycles. The summed E-state index contributed by atoms with van der Waals surface area (Å²) in [5.74, 6) is 0.760. The molecule has 0 amide bonds. The van der Waals surface area contributed by atoms with Crippen LogP contribution in [-0.2, 0) is 0 Å². The zero-order valence-electron chi connectivity index (χ0n) is 10.9. The quantitative estimate of drug-likeness (QED) is 0.779. The van der Waals surface area contributed by atoms with Gasteiger partial charge in [0.2, 0.25) is 0 Å². The maximum Gasteiger partial charge on any atom is 0.00397 e. The van der Waals surface area contributed by atoms with Crippen LogP contribution in [0.4, 0.5) is 0 Å². The van der Waals surface area contributed by atoms with Crippen molar-refractivity contribution in [2.75, 3.05) is 19.6 Å². The van der Waals surface area contributed by atoms with Crippen molar-refractivity contribution in [3.8, 4) is 0 Å². The number of nitrogens with zero attached hydrogens (tertiary/aromatic N) is 1. The van der Waals surface area contributed by atoms with E-state index in [4.69, 9.17) is 5.73 Å². The molecule has 1 rings (SSSR count). The molecule has 1 unspecified atom stereocenters. The summed E-state index contributed by atoms with van der Waals surface area (Å²) in [6.45, 7) is 12.9. The van der Waals surface area contributed by atoms with Crippen LogP contribution in [-0.4, -0.2) is 30.6 Å². The molecule has 0 bridgehead atoms. The Morgan fingerprint density at radius 1 is 1.27 bits per heavy atom. The summed E-state index contributed by atoms with van der Waals surface area (Å²) in [5, 5.41) is 0. The zero-order valence-corrected chi connectivity index (χ0v) is 10.9. The van der Waals surface area contributed by atoms with Crippen molar-refractivity contribution in [2.45, 2.75) is 53.0 Å². The number of rotatable bonds is 3. The maximum absolute atomic E-state index is 5.94. The average Bonchev–Trinajstić information content (AvgIpc) is 2.14. The van der Waals surface area contributed by atoms with Crippen LogP contribution in [0.25, 0.3) is 0 Å². The summed E-state index contributed by atoms with van der Waals surface area (Å²) >= 11 is 0. The van der Waals surface area contributed by atoms with Crippen LogP contribution in [0.5, 0.6) is 0 Å². The molecule has 1 aliphatic heterocycles. The van der Waals surface area contributed by atoms with Crippen LogP contribution in [0.3, 0.4) is 0 Å². The molecular formula is C13H28N2. The third-order valence-electron chi connectivity index (χ3n) is 3.55. The van der Waals surface area contributed by atoms with Crippen molar-refractivity contribution in [1.29, 1.82) is 0 Å². The summed E-state index contributed by atoms with van der Waals surface area (Å²) in [4.78, 5) is 2.60. The predicted molar refractivity (Wildman–Crippen MR) is 66.9 cm³/mol. The van der Waals surface area contributed by atoms with Gasteiger partial charge in [0.1, 0.15) is 0 Å². The lowest BCUT2D eigenvalue weighted by atomic mass is 9.89. The lowest BCUT2D eigenvalue weighted by Crippen LogP contribution is -2.40. The molecule has 1 fully saturated rings. The summed E-state index contributed by atoms with van der Waals surface area (Å²) in [6.07, 6.45) is 3.89. The van der Waals surface area contributed by atoms with Crippen molar-refractivity contribution in [3.63, 3.8) is 0 Å². The number of hydrogen-bond donors (Lipinski definition) is 1. The Kier molecular flexibility index (Phi) is 4.60. The largest absolute Gasteiger partial charge is 0.328 e. The van der Waals surface area contributed by atoms with Gasteiger partial charge in [-0.05, 0) is 57.2 Å². The van der Waals surface area contributed by atoms with E-state index in [1.807, 2.05) is 0 Å². The van der Waals surface area contributed by atoms with Gasteiger partial charge in [0, 0.05) is 6.04 Å². The van der Waals surface area contributed by atoms with Gasteiger partial charge in [-0.25, -0.2) is 0 Å². The predicted octanol–water partition coefficient (Wildman–Crippen LogP) is 2.48. The fraction of sp³-hybridized carbons (Fsp3) is 1.00. The molecular weight excluding hydrogens is 184 g/mol. The second-order valence-corrected chi connectivity index (χ2v) is 6.35. The van der Waals surface area contributed by atoms with Crippen LogP contribution in [0.2, 0.25) is 0 Å². The standard InChI is InChI=1S/C13H28N2/c1-11(14)12-5-8-15(9-6-12)10-7-13(2,3)4/h11-12H,5-10,14H2,1-4H3. The van der Waals surface area contributed by atoms with E-state index in [0.29, 0.717) is 11.5 Å². The molecule has 90 valence electrons. The number of piperidine rings is 1. The SMILES string of the molecule is CC(N)C1CCN(CCC(C)(C)C)CC1. The van der Waals surface area contributed by atoms with E-state index >= 15 is 0 Å². The van der Waals surface area contributed by atoms with E-state index in [-0.39, 0.29) is 0 Å². The summed E-state index contributed by atoms with van der Waals surface area (Å²) in [5.41, 5.74) is 6.41. The molecule has 1 heterocycles. The Labute approximate surface area is 95.2 Å². The monoisotopic (exact) mass is 212 g/mol. The normalized spacial score (nSPS) is 23.0. The molecule has 1 atom stereocenters. The first kappa shape index (κ1) is 13.0. The molecule has 1 saturated heterocycles. The Hall–Kier alpha value is -0.0800. The first-order valence-corrected chi connectivity index (χ1v) is 6.36. The second-order valence-electron chi connectivity index (χ2n) is 6.35. The van der Waals surface area contributed by atoms with Gasteiger partial charge >= 0.3 is 0 Å². The van der Waals surface area contributed by atoms with Gasteiger partial charge in [-0.2, -0.15) is 0 Å². The molecule has 2 N–H and O–H groups in total. The summed E-state index contributed by atoms with van der Waals surface area (Å²) in [7, 11) is 0. The first-order chi connectivity index (χ1) is 6.88. The van der Waals surface area contributed by atoms with Gasteiger partial charge in [-0.3, -0.25) is 0 Å². The van der Waals surface area contributed by atoms with Gasteiger partial charge in [-0.1, -0.05) is 20.8 Å². The van der Waals surface area contributed by atoms with E-state index in [1.54, 1.807) is 0 Å². The molecule has 0 aliphatic carbocycles.